The minimum absolute atomic E-state index is 0.147. The third-order valence-corrected chi connectivity index (χ3v) is 6.50. The lowest BCUT2D eigenvalue weighted by atomic mass is 9.85. The summed E-state index contributed by atoms with van der Waals surface area (Å²) in [5.41, 5.74) is -1.39. The van der Waals surface area contributed by atoms with Crippen LogP contribution in [0.1, 0.15) is 13.3 Å². The molecule has 0 spiro atoms. The minimum Gasteiger partial charge on any atom is -0.451 e. The van der Waals surface area contributed by atoms with Gasteiger partial charge in [0.25, 0.3) is 10.1 Å². The van der Waals surface area contributed by atoms with E-state index in [1.807, 2.05) is 0 Å². The standard InChI is InChI=1S/C9H10F2O9S2/c1-8-2-3-4(19-8)5(20-21(3,13)14)6(8)18-7(12)9(10,11)22(15,16)17/h3-6H,2H2,1H3,(H,15,16,17). The van der Waals surface area contributed by atoms with Crippen LogP contribution in [0.2, 0.25) is 0 Å². The van der Waals surface area contributed by atoms with Crippen LogP contribution in [0.3, 0.4) is 0 Å². The summed E-state index contributed by atoms with van der Waals surface area (Å²) in [4.78, 5) is 11.4. The number of halogens is 2. The first-order chi connectivity index (χ1) is 9.80. The lowest BCUT2D eigenvalue weighted by molar-refractivity contribution is -0.177. The topological polar surface area (TPSA) is 133 Å². The highest BCUT2D eigenvalue weighted by molar-refractivity contribution is 7.88. The van der Waals surface area contributed by atoms with Crippen molar-refractivity contribution < 1.29 is 48.6 Å². The number of fused-ring (bicyclic) bond motifs is 1. The number of esters is 1. The first-order valence-electron chi connectivity index (χ1n) is 5.95. The molecule has 0 aromatic carbocycles. The second-order valence-electron chi connectivity index (χ2n) is 5.51. The van der Waals surface area contributed by atoms with Gasteiger partial charge in [-0.2, -0.15) is 25.6 Å². The van der Waals surface area contributed by atoms with E-state index in [0.717, 1.165) is 0 Å². The molecule has 1 N–H and O–H groups in total. The molecule has 3 saturated heterocycles. The molecule has 9 nitrogen and oxygen atoms in total. The molecule has 2 bridgehead atoms. The Morgan fingerprint density at radius 1 is 1.41 bits per heavy atom. The quantitative estimate of drug-likeness (QED) is 0.382. The summed E-state index contributed by atoms with van der Waals surface area (Å²) < 4.78 is 93.7. The maximum Gasteiger partial charge on any atom is 0.465 e. The number of rotatable bonds is 3. The predicted octanol–water partition coefficient (Wildman–Crippen LogP) is -0.963. The van der Waals surface area contributed by atoms with Gasteiger partial charge >= 0.3 is 21.3 Å². The Balaban J connectivity index is 1.88. The van der Waals surface area contributed by atoms with Crippen molar-refractivity contribution >= 4 is 26.2 Å². The van der Waals surface area contributed by atoms with Gasteiger partial charge in [0.15, 0.2) is 6.10 Å². The van der Waals surface area contributed by atoms with Gasteiger partial charge in [0.2, 0.25) is 0 Å². The summed E-state index contributed by atoms with van der Waals surface area (Å²) >= 11 is 0. The largest absolute Gasteiger partial charge is 0.465 e. The molecule has 3 aliphatic heterocycles. The van der Waals surface area contributed by atoms with Crippen LogP contribution >= 0.6 is 0 Å². The maximum absolute atomic E-state index is 13.2. The van der Waals surface area contributed by atoms with Crippen molar-refractivity contribution in [3.63, 3.8) is 0 Å². The van der Waals surface area contributed by atoms with E-state index >= 15 is 0 Å². The van der Waals surface area contributed by atoms with Gasteiger partial charge in [-0.15, -0.1) is 0 Å². The highest BCUT2D eigenvalue weighted by Gasteiger charge is 2.73. The fourth-order valence-corrected chi connectivity index (χ4v) is 5.01. The van der Waals surface area contributed by atoms with Gasteiger partial charge in [-0.25, -0.2) is 4.79 Å². The summed E-state index contributed by atoms with van der Waals surface area (Å²) in [5, 5.41) is -6.17. The molecule has 3 fully saturated rings. The van der Waals surface area contributed by atoms with Crippen LogP contribution in [0.5, 0.6) is 0 Å². The van der Waals surface area contributed by atoms with E-state index in [-0.39, 0.29) is 6.42 Å². The Bertz CT molecular complexity index is 745. The molecule has 0 saturated carbocycles. The van der Waals surface area contributed by atoms with Gasteiger partial charge in [-0.3, -0.25) is 8.74 Å². The SMILES string of the molecule is CC12CC3C(O1)C(OS3(=O)=O)C2OC(=O)C(F)(F)S(=O)(=O)O. The van der Waals surface area contributed by atoms with Crippen molar-refractivity contribution in [2.24, 2.45) is 0 Å². The van der Waals surface area contributed by atoms with E-state index in [1.54, 1.807) is 0 Å². The van der Waals surface area contributed by atoms with E-state index in [4.69, 9.17) is 13.5 Å². The van der Waals surface area contributed by atoms with Crippen LogP contribution in [-0.4, -0.2) is 61.8 Å². The molecule has 126 valence electrons. The first-order valence-corrected chi connectivity index (χ1v) is 8.87. The van der Waals surface area contributed by atoms with Crippen molar-refractivity contribution in [1.82, 2.24) is 0 Å². The molecule has 0 aromatic rings. The van der Waals surface area contributed by atoms with Crippen molar-refractivity contribution in [3.05, 3.63) is 0 Å². The van der Waals surface area contributed by atoms with Crippen LogP contribution in [0.15, 0.2) is 0 Å². The van der Waals surface area contributed by atoms with E-state index < -0.39 is 60.6 Å². The predicted molar refractivity (Wildman–Crippen MR) is 61.9 cm³/mol. The summed E-state index contributed by atoms with van der Waals surface area (Å²) in [7, 11) is -9.99. The number of carbonyl (C=O) groups excluding carboxylic acids is 1. The lowest BCUT2D eigenvalue weighted by Gasteiger charge is -2.30. The molecule has 0 amide bonds. The Labute approximate surface area is 123 Å². The molecule has 3 heterocycles. The Hall–Kier alpha value is -0.890. The summed E-state index contributed by atoms with van der Waals surface area (Å²) in [6.45, 7) is 1.34. The lowest BCUT2D eigenvalue weighted by Crippen LogP contribution is -2.51. The fourth-order valence-electron chi connectivity index (χ4n) is 3.01. The molecule has 3 aliphatic rings. The molecular weight excluding hydrogens is 354 g/mol. The minimum atomic E-state index is -6.02. The van der Waals surface area contributed by atoms with Gasteiger partial charge in [0.1, 0.15) is 23.1 Å². The number of hydrogen-bond acceptors (Lipinski definition) is 8. The molecule has 5 atom stereocenters. The van der Waals surface area contributed by atoms with Gasteiger partial charge < -0.3 is 9.47 Å². The second kappa shape index (κ2) is 4.14. The van der Waals surface area contributed by atoms with Gasteiger partial charge in [0, 0.05) is 6.42 Å². The highest BCUT2D eigenvalue weighted by Crippen LogP contribution is 2.54. The van der Waals surface area contributed by atoms with E-state index in [2.05, 4.69) is 4.74 Å². The normalized spacial score (nSPS) is 42.5. The summed E-state index contributed by atoms with van der Waals surface area (Å²) in [6.07, 6.45) is -3.99. The van der Waals surface area contributed by atoms with Crippen LogP contribution in [0.25, 0.3) is 0 Å². The van der Waals surface area contributed by atoms with E-state index in [1.165, 1.54) is 6.92 Å². The van der Waals surface area contributed by atoms with Crippen LogP contribution in [0, 0.1) is 0 Å². The van der Waals surface area contributed by atoms with Crippen LogP contribution < -0.4 is 0 Å². The van der Waals surface area contributed by atoms with Gasteiger partial charge in [-0.1, -0.05) is 0 Å². The average molecular weight is 364 g/mol. The fraction of sp³-hybridized carbons (Fsp3) is 0.889. The molecule has 0 aromatic heterocycles. The Kier molecular flexibility index (Phi) is 3.01. The Morgan fingerprint density at radius 2 is 2.00 bits per heavy atom. The zero-order valence-electron chi connectivity index (χ0n) is 10.8. The first kappa shape index (κ1) is 16.0. The van der Waals surface area contributed by atoms with Crippen molar-refractivity contribution in [1.29, 1.82) is 0 Å². The van der Waals surface area contributed by atoms with Crippen LogP contribution in [-0.2, 0) is 38.7 Å². The number of alkyl halides is 2. The monoisotopic (exact) mass is 364 g/mol. The highest BCUT2D eigenvalue weighted by atomic mass is 32.2. The summed E-state index contributed by atoms with van der Waals surface area (Å²) in [6, 6.07) is 0. The maximum atomic E-state index is 13.2. The van der Waals surface area contributed by atoms with Gasteiger partial charge in [0.05, 0.1) is 0 Å². The van der Waals surface area contributed by atoms with Crippen molar-refractivity contribution in [2.45, 2.75) is 47.8 Å². The molecule has 5 unspecified atom stereocenters. The van der Waals surface area contributed by atoms with Crippen molar-refractivity contribution in [2.75, 3.05) is 0 Å². The summed E-state index contributed by atoms with van der Waals surface area (Å²) in [5.74, 6) is -2.53. The molecule has 13 heteroatoms. The van der Waals surface area contributed by atoms with Crippen molar-refractivity contribution in [3.8, 4) is 0 Å². The number of hydrogen-bond donors (Lipinski definition) is 1. The molecular formula is C9H10F2O9S2. The van der Waals surface area contributed by atoms with Gasteiger partial charge in [-0.05, 0) is 6.92 Å². The molecule has 3 rings (SSSR count). The molecule has 0 radical (unpaired) electrons. The van der Waals surface area contributed by atoms with Crippen LogP contribution in [0.4, 0.5) is 8.78 Å². The number of carbonyl (C=O) groups is 1. The molecule has 0 aliphatic carbocycles. The zero-order valence-corrected chi connectivity index (χ0v) is 12.4. The third kappa shape index (κ3) is 1.92. The average Bonchev–Trinajstić information content (AvgIpc) is 2.86. The smallest absolute Gasteiger partial charge is 0.451 e. The molecule has 22 heavy (non-hydrogen) atoms. The van der Waals surface area contributed by atoms with E-state index in [0.29, 0.717) is 0 Å². The number of ether oxygens (including phenoxy) is 2. The van der Waals surface area contributed by atoms with E-state index in [9.17, 15) is 30.4 Å². The zero-order chi connectivity index (χ0) is 16.7. The second-order valence-corrected chi connectivity index (χ2v) is 8.76. The third-order valence-electron chi connectivity index (χ3n) is 4.01. The Morgan fingerprint density at radius 3 is 2.55 bits per heavy atom.